The standard InChI is InChI=1S/C22H17ClF3N3O2/c1-13(14-5-3-2-4-6-14)10-27-21(30)18-19(23)29-11-16(15-7-8-31-12-15)9-17(20(29)28-18)22(24,25)26/h2-9,11-13H,10H2,1H3,(H,27,30)/t13-/m1/s1. The summed E-state index contributed by atoms with van der Waals surface area (Å²) in [4.78, 5) is 16.6. The second-order valence-corrected chi connectivity index (χ2v) is 7.48. The number of hydrogen-bond acceptors (Lipinski definition) is 3. The Labute approximate surface area is 180 Å². The maximum atomic E-state index is 13.7. The number of nitrogens with zero attached hydrogens (tertiary/aromatic N) is 2. The number of nitrogens with one attached hydrogen (secondary N) is 1. The minimum atomic E-state index is -4.69. The largest absolute Gasteiger partial charge is 0.472 e. The third-order valence-electron chi connectivity index (χ3n) is 4.97. The summed E-state index contributed by atoms with van der Waals surface area (Å²) in [6.07, 6.45) is -0.612. The fourth-order valence-corrected chi connectivity index (χ4v) is 3.54. The minimum absolute atomic E-state index is 0.000568. The van der Waals surface area contributed by atoms with Crippen molar-refractivity contribution in [3.8, 4) is 11.1 Å². The Bertz CT molecular complexity index is 1220. The Morgan fingerprint density at radius 2 is 1.97 bits per heavy atom. The smallest absolute Gasteiger partial charge is 0.420 e. The zero-order valence-electron chi connectivity index (χ0n) is 16.3. The van der Waals surface area contributed by atoms with E-state index in [4.69, 9.17) is 16.0 Å². The molecule has 0 saturated carbocycles. The van der Waals surface area contributed by atoms with Crippen LogP contribution >= 0.6 is 11.6 Å². The predicted molar refractivity (Wildman–Crippen MR) is 110 cm³/mol. The molecule has 0 aliphatic rings. The number of carbonyl (C=O) groups excluding carboxylic acids is 1. The SMILES string of the molecule is C[C@H](CNC(=O)c1nc2c(C(F)(F)F)cc(-c3ccoc3)cn2c1Cl)c1ccccc1. The normalized spacial score (nSPS) is 12.8. The van der Waals surface area contributed by atoms with E-state index in [1.807, 2.05) is 37.3 Å². The summed E-state index contributed by atoms with van der Waals surface area (Å²) in [6, 6.07) is 12.0. The highest BCUT2D eigenvalue weighted by Crippen LogP contribution is 2.37. The average Bonchev–Trinajstić information content (AvgIpc) is 3.40. The van der Waals surface area contributed by atoms with E-state index in [1.165, 1.54) is 24.8 Å². The Balaban J connectivity index is 1.69. The van der Waals surface area contributed by atoms with Crippen LogP contribution in [0.15, 0.2) is 65.6 Å². The van der Waals surface area contributed by atoms with Gasteiger partial charge in [0, 0.05) is 23.9 Å². The van der Waals surface area contributed by atoms with Crippen LogP contribution in [0.25, 0.3) is 16.8 Å². The van der Waals surface area contributed by atoms with Gasteiger partial charge in [-0.3, -0.25) is 9.20 Å². The zero-order chi connectivity index (χ0) is 22.2. The summed E-state index contributed by atoms with van der Waals surface area (Å²) in [5, 5.41) is 2.51. The molecule has 4 aromatic rings. The van der Waals surface area contributed by atoms with Crippen molar-refractivity contribution >= 4 is 23.2 Å². The quantitative estimate of drug-likeness (QED) is 0.420. The lowest BCUT2D eigenvalue weighted by atomic mass is 10.0. The van der Waals surface area contributed by atoms with Gasteiger partial charge in [-0.05, 0) is 23.6 Å². The van der Waals surface area contributed by atoms with E-state index in [9.17, 15) is 18.0 Å². The van der Waals surface area contributed by atoms with Gasteiger partial charge >= 0.3 is 6.18 Å². The average molecular weight is 448 g/mol. The zero-order valence-corrected chi connectivity index (χ0v) is 17.0. The van der Waals surface area contributed by atoms with Crippen molar-refractivity contribution in [2.45, 2.75) is 19.0 Å². The number of furan rings is 1. The molecule has 1 amide bonds. The van der Waals surface area contributed by atoms with Gasteiger partial charge in [-0.25, -0.2) is 4.98 Å². The molecule has 5 nitrogen and oxygen atoms in total. The number of alkyl halides is 3. The summed E-state index contributed by atoms with van der Waals surface area (Å²) < 4.78 is 47.1. The molecular formula is C22H17ClF3N3O2. The molecule has 3 aromatic heterocycles. The fourth-order valence-electron chi connectivity index (χ4n) is 3.29. The lowest BCUT2D eigenvalue weighted by molar-refractivity contribution is -0.136. The Morgan fingerprint density at radius 3 is 2.61 bits per heavy atom. The number of benzene rings is 1. The molecule has 0 fully saturated rings. The molecular weight excluding hydrogens is 431 g/mol. The third-order valence-corrected chi connectivity index (χ3v) is 5.34. The molecule has 0 aliphatic heterocycles. The van der Waals surface area contributed by atoms with Crippen LogP contribution in [-0.2, 0) is 6.18 Å². The van der Waals surface area contributed by atoms with Crippen LogP contribution < -0.4 is 5.32 Å². The maximum Gasteiger partial charge on any atom is 0.420 e. The lowest BCUT2D eigenvalue weighted by Gasteiger charge is -2.12. The van der Waals surface area contributed by atoms with Crippen LogP contribution in [0.4, 0.5) is 13.2 Å². The molecule has 0 aliphatic carbocycles. The van der Waals surface area contributed by atoms with Gasteiger partial charge in [0.2, 0.25) is 0 Å². The van der Waals surface area contributed by atoms with Crippen molar-refractivity contribution in [1.29, 1.82) is 0 Å². The highest BCUT2D eigenvalue weighted by molar-refractivity contribution is 6.33. The number of aromatic nitrogens is 2. The first-order valence-electron chi connectivity index (χ1n) is 9.40. The Morgan fingerprint density at radius 1 is 1.23 bits per heavy atom. The Hall–Kier alpha value is -3.26. The van der Waals surface area contributed by atoms with E-state index in [0.29, 0.717) is 5.56 Å². The van der Waals surface area contributed by atoms with Crippen molar-refractivity contribution < 1.29 is 22.4 Å². The van der Waals surface area contributed by atoms with Gasteiger partial charge in [0.15, 0.2) is 11.3 Å². The van der Waals surface area contributed by atoms with E-state index in [-0.39, 0.29) is 28.9 Å². The first-order chi connectivity index (χ1) is 14.8. The first kappa shape index (κ1) is 21.0. The third kappa shape index (κ3) is 4.16. The molecule has 1 N–H and O–H groups in total. The molecule has 1 atom stereocenters. The second kappa shape index (κ2) is 8.11. The van der Waals surface area contributed by atoms with Gasteiger partial charge in [0.1, 0.15) is 5.15 Å². The molecule has 0 bridgehead atoms. The molecule has 31 heavy (non-hydrogen) atoms. The van der Waals surface area contributed by atoms with Gasteiger partial charge in [-0.2, -0.15) is 13.2 Å². The van der Waals surface area contributed by atoms with E-state index in [0.717, 1.165) is 16.0 Å². The molecule has 3 heterocycles. The summed E-state index contributed by atoms with van der Waals surface area (Å²) in [5.41, 5.74) is -0.00187. The number of pyridine rings is 1. The maximum absolute atomic E-state index is 13.7. The number of imidazole rings is 1. The van der Waals surface area contributed by atoms with Crippen LogP contribution in [0.1, 0.15) is 34.5 Å². The molecule has 0 spiro atoms. The van der Waals surface area contributed by atoms with Crippen molar-refractivity contribution in [3.63, 3.8) is 0 Å². The monoisotopic (exact) mass is 447 g/mol. The molecule has 9 heteroatoms. The van der Waals surface area contributed by atoms with Crippen LogP contribution in [-0.4, -0.2) is 21.8 Å². The lowest BCUT2D eigenvalue weighted by Crippen LogP contribution is -2.28. The number of hydrogen-bond donors (Lipinski definition) is 1. The van der Waals surface area contributed by atoms with Crippen molar-refractivity contribution in [2.75, 3.05) is 6.54 Å². The van der Waals surface area contributed by atoms with E-state index >= 15 is 0 Å². The van der Waals surface area contributed by atoms with Gasteiger partial charge in [0.25, 0.3) is 5.91 Å². The number of fused-ring (bicyclic) bond motifs is 1. The first-order valence-corrected chi connectivity index (χ1v) is 9.78. The molecule has 4 rings (SSSR count). The van der Waals surface area contributed by atoms with Gasteiger partial charge in [-0.1, -0.05) is 48.9 Å². The Kier molecular flexibility index (Phi) is 5.49. The topological polar surface area (TPSA) is 59.5 Å². The van der Waals surface area contributed by atoms with Crippen LogP contribution in [0.2, 0.25) is 5.15 Å². The van der Waals surface area contributed by atoms with Crippen molar-refractivity contribution in [1.82, 2.24) is 14.7 Å². The molecule has 0 saturated heterocycles. The van der Waals surface area contributed by atoms with Gasteiger partial charge in [-0.15, -0.1) is 0 Å². The van der Waals surface area contributed by atoms with E-state index in [2.05, 4.69) is 10.3 Å². The highest BCUT2D eigenvalue weighted by atomic mass is 35.5. The number of amides is 1. The van der Waals surface area contributed by atoms with Crippen LogP contribution in [0.5, 0.6) is 0 Å². The van der Waals surface area contributed by atoms with E-state index < -0.39 is 23.3 Å². The number of halogens is 4. The van der Waals surface area contributed by atoms with Gasteiger partial charge in [0.05, 0.1) is 18.1 Å². The van der Waals surface area contributed by atoms with Crippen LogP contribution in [0.3, 0.4) is 0 Å². The molecule has 1 aromatic carbocycles. The molecule has 0 radical (unpaired) electrons. The summed E-state index contributed by atoms with van der Waals surface area (Å²) >= 11 is 6.29. The minimum Gasteiger partial charge on any atom is -0.472 e. The number of rotatable bonds is 5. The highest BCUT2D eigenvalue weighted by Gasteiger charge is 2.36. The summed E-state index contributed by atoms with van der Waals surface area (Å²) in [7, 11) is 0. The molecule has 160 valence electrons. The van der Waals surface area contributed by atoms with Gasteiger partial charge < -0.3 is 9.73 Å². The summed E-state index contributed by atoms with van der Waals surface area (Å²) in [5.74, 6) is -0.645. The fraction of sp³-hybridized carbons (Fsp3) is 0.182. The van der Waals surface area contributed by atoms with Crippen molar-refractivity contribution in [3.05, 3.63) is 83.2 Å². The van der Waals surface area contributed by atoms with Crippen molar-refractivity contribution in [2.24, 2.45) is 0 Å². The predicted octanol–water partition coefficient (Wildman–Crippen LogP) is 5.80. The summed E-state index contributed by atoms with van der Waals surface area (Å²) in [6.45, 7) is 2.21. The van der Waals surface area contributed by atoms with E-state index in [1.54, 1.807) is 0 Å². The van der Waals surface area contributed by atoms with Crippen LogP contribution in [0, 0.1) is 0 Å². The number of carbonyl (C=O) groups is 1. The second-order valence-electron chi connectivity index (χ2n) is 7.12. The molecule has 0 unspecified atom stereocenters.